The van der Waals surface area contributed by atoms with Crippen molar-refractivity contribution in [1.82, 2.24) is 0 Å². The zero-order valence-electron chi connectivity index (χ0n) is 12.5. The van der Waals surface area contributed by atoms with Crippen molar-refractivity contribution >= 4 is 12.0 Å². The lowest BCUT2D eigenvalue weighted by Crippen LogP contribution is -2.36. The van der Waals surface area contributed by atoms with Gasteiger partial charge in [-0.1, -0.05) is 37.3 Å². The molecule has 3 atom stereocenters. The second-order valence-corrected chi connectivity index (χ2v) is 5.73. The van der Waals surface area contributed by atoms with E-state index in [4.69, 9.17) is 4.74 Å². The van der Waals surface area contributed by atoms with E-state index in [1.54, 1.807) is 37.5 Å². The van der Waals surface area contributed by atoms with Crippen molar-refractivity contribution in [2.24, 2.45) is 11.3 Å². The van der Waals surface area contributed by atoms with E-state index in [1.165, 1.54) is 0 Å². The van der Waals surface area contributed by atoms with E-state index < -0.39 is 17.0 Å². The van der Waals surface area contributed by atoms with E-state index in [9.17, 15) is 15.2 Å². The Hall–Kier alpha value is -2.12. The van der Waals surface area contributed by atoms with Gasteiger partial charge in [0.25, 0.3) is 0 Å². The molecule has 1 saturated carbocycles. The first-order valence-electron chi connectivity index (χ1n) is 6.88. The van der Waals surface area contributed by atoms with Crippen molar-refractivity contribution in [2.75, 3.05) is 7.11 Å². The molecule has 0 radical (unpaired) electrons. The van der Waals surface area contributed by atoms with Crippen molar-refractivity contribution < 1.29 is 14.6 Å². The summed E-state index contributed by atoms with van der Waals surface area (Å²) in [5.74, 6) is -0.698. The second-order valence-electron chi connectivity index (χ2n) is 5.73. The van der Waals surface area contributed by atoms with Crippen molar-refractivity contribution in [2.45, 2.75) is 25.9 Å². The molecule has 1 aromatic carbocycles. The second kappa shape index (κ2) is 5.34. The largest absolute Gasteiger partial charge is 0.478 e. The van der Waals surface area contributed by atoms with Crippen LogP contribution < -0.4 is 0 Å². The quantitative estimate of drug-likeness (QED) is 0.900. The molecule has 0 bridgehead atoms. The van der Waals surface area contributed by atoms with Gasteiger partial charge >= 0.3 is 5.97 Å². The zero-order valence-corrected chi connectivity index (χ0v) is 12.5. The summed E-state index contributed by atoms with van der Waals surface area (Å²) in [6.07, 6.45) is 4.33. The first-order chi connectivity index (χ1) is 9.90. The van der Waals surface area contributed by atoms with Gasteiger partial charge in [-0.3, -0.25) is 0 Å². The monoisotopic (exact) mass is 285 g/mol. The number of carboxylic acids is 1. The highest BCUT2D eigenvalue weighted by atomic mass is 16.5. The van der Waals surface area contributed by atoms with E-state index in [0.717, 1.165) is 6.42 Å². The van der Waals surface area contributed by atoms with Gasteiger partial charge in [0.2, 0.25) is 0 Å². The Morgan fingerprint density at radius 1 is 1.57 bits per heavy atom. The number of hydrogen-bond acceptors (Lipinski definition) is 3. The lowest BCUT2D eigenvalue weighted by molar-refractivity contribution is 0.00164. The predicted molar refractivity (Wildman–Crippen MR) is 79.7 cm³/mol. The topological polar surface area (TPSA) is 70.3 Å². The van der Waals surface area contributed by atoms with E-state index in [0.29, 0.717) is 5.56 Å². The maximum absolute atomic E-state index is 11.2. The third-order valence-electron chi connectivity index (χ3n) is 4.59. The maximum Gasteiger partial charge on any atom is 0.336 e. The molecule has 2 rings (SSSR count). The van der Waals surface area contributed by atoms with Crippen LogP contribution in [0.2, 0.25) is 0 Å². The smallest absolute Gasteiger partial charge is 0.336 e. The standard InChI is InChI=1S/C17H19NO3/c1-12-10-17(12,11-18)16(2,21-3)9-8-13-6-4-5-7-14(13)15(19)20/h4-9,12H,10H2,1-3H3,(H,19,20)/b9-8+/t12-,16-,17+/m1/s1. The summed E-state index contributed by atoms with van der Waals surface area (Å²) < 4.78 is 5.59. The molecule has 110 valence electrons. The van der Waals surface area contributed by atoms with Crippen molar-refractivity contribution in [3.05, 3.63) is 41.5 Å². The van der Waals surface area contributed by atoms with Crippen molar-refractivity contribution in [1.29, 1.82) is 5.26 Å². The van der Waals surface area contributed by atoms with Crippen LogP contribution in [-0.2, 0) is 4.74 Å². The summed E-state index contributed by atoms with van der Waals surface area (Å²) in [5.41, 5.74) is -0.417. The van der Waals surface area contributed by atoms with Gasteiger partial charge < -0.3 is 9.84 Å². The molecular weight excluding hydrogens is 266 g/mol. The van der Waals surface area contributed by atoms with Crippen LogP contribution in [0.15, 0.2) is 30.3 Å². The highest BCUT2D eigenvalue weighted by Crippen LogP contribution is 2.60. The normalized spacial score (nSPS) is 27.0. The molecule has 1 aliphatic rings. The molecule has 4 nitrogen and oxygen atoms in total. The molecule has 0 saturated heterocycles. The lowest BCUT2D eigenvalue weighted by Gasteiger charge is -2.30. The van der Waals surface area contributed by atoms with E-state index in [2.05, 4.69) is 6.07 Å². The van der Waals surface area contributed by atoms with Gasteiger partial charge in [0.15, 0.2) is 0 Å². The number of nitriles is 1. The van der Waals surface area contributed by atoms with Gasteiger partial charge in [-0.05, 0) is 30.9 Å². The number of rotatable bonds is 5. The molecule has 0 aliphatic heterocycles. The number of carbonyl (C=O) groups is 1. The van der Waals surface area contributed by atoms with E-state index in [-0.39, 0.29) is 11.5 Å². The van der Waals surface area contributed by atoms with Gasteiger partial charge in [0.05, 0.1) is 17.0 Å². The molecule has 1 N–H and O–H groups in total. The molecule has 1 aliphatic carbocycles. The number of carboxylic acid groups (broad SMARTS) is 1. The molecule has 0 unspecified atom stereocenters. The number of hydrogen-bond donors (Lipinski definition) is 1. The summed E-state index contributed by atoms with van der Waals surface area (Å²) in [4.78, 5) is 11.2. The van der Waals surface area contributed by atoms with Gasteiger partial charge in [0.1, 0.15) is 5.60 Å². The highest BCUT2D eigenvalue weighted by molar-refractivity contribution is 5.92. The van der Waals surface area contributed by atoms with Gasteiger partial charge in [0, 0.05) is 7.11 Å². The third-order valence-corrected chi connectivity index (χ3v) is 4.59. The SMILES string of the molecule is CO[C@](C)(/C=C/c1ccccc1C(=O)O)[C@]1(C#N)C[C@H]1C. The lowest BCUT2D eigenvalue weighted by atomic mass is 9.84. The first-order valence-corrected chi connectivity index (χ1v) is 6.88. The molecule has 0 spiro atoms. The minimum Gasteiger partial charge on any atom is -0.478 e. The number of nitrogens with zero attached hydrogens (tertiary/aromatic N) is 1. The third kappa shape index (κ3) is 2.45. The summed E-state index contributed by atoms with van der Waals surface area (Å²) >= 11 is 0. The average molecular weight is 285 g/mol. The van der Waals surface area contributed by atoms with E-state index in [1.807, 2.05) is 19.9 Å². The van der Waals surface area contributed by atoms with Crippen LogP contribution in [0.4, 0.5) is 0 Å². The minimum absolute atomic E-state index is 0.238. The Morgan fingerprint density at radius 2 is 2.19 bits per heavy atom. The summed E-state index contributed by atoms with van der Waals surface area (Å²) in [7, 11) is 1.58. The van der Waals surface area contributed by atoms with Crippen molar-refractivity contribution in [3.8, 4) is 6.07 Å². The Labute approximate surface area is 124 Å². The van der Waals surface area contributed by atoms with Crippen molar-refractivity contribution in [3.63, 3.8) is 0 Å². The molecule has 0 aromatic heterocycles. The molecule has 21 heavy (non-hydrogen) atoms. The first kappa shape index (κ1) is 15.3. The minimum atomic E-state index is -0.968. The van der Waals surface area contributed by atoms with Crippen LogP contribution in [0.3, 0.4) is 0 Å². The van der Waals surface area contributed by atoms with Crippen LogP contribution in [0.1, 0.15) is 36.2 Å². The number of ether oxygens (including phenoxy) is 1. The molecule has 1 fully saturated rings. The average Bonchev–Trinajstić information content (AvgIpc) is 3.17. The summed E-state index contributed by atoms with van der Waals surface area (Å²) in [5, 5.41) is 18.7. The number of benzene rings is 1. The maximum atomic E-state index is 11.2. The predicted octanol–water partition coefficient (Wildman–Crippen LogP) is 3.35. The Balaban J connectivity index is 2.36. The Kier molecular flexibility index (Phi) is 3.89. The number of methoxy groups -OCH3 is 1. The Morgan fingerprint density at radius 3 is 2.67 bits per heavy atom. The van der Waals surface area contributed by atoms with E-state index >= 15 is 0 Å². The summed E-state index contributed by atoms with van der Waals surface area (Å²) in [6.45, 7) is 3.90. The fourth-order valence-corrected chi connectivity index (χ4v) is 2.87. The van der Waals surface area contributed by atoms with Crippen LogP contribution in [0.5, 0.6) is 0 Å². The van der Waals surface area contributed by atoms with Crippen LogP contribution in [-0.4, -0.2) is 23.8 Å². The highest BCUT2D eigenvalue weighted by Gasteiger charge is 2.63. The Bertz CT molecular complexity index is 631. The van der Waals surface area contributed by atoms with Crippen LogP contribution in [0.25, 0.3) is 6.08 Å². The molecular formula is C17H19NO3. The molecule has 4 heteroatoms. The van der Waals surface area contributed by atoms with Crippen LogP contribution in [0, 0.1) is 22.7 Å². The molecule has 1 aromatic rings. The van der Waals surface area contributed by atoms with Gasteiger partial charge in [-0.15, -0.1) is 0 Å². The summed E-state index contributed by atoms with van der Waals surface area (Å²) in [6, 6.07) is 9.16. The van der Waals surface area contributed by atoms with Gasteiger partial charge in [-0.2, -0.15) is 5.26 Å². The fourth-order valence-electron chi connectivity index (χ4n) is 2.87. The number of aromatic carboxylic acids is 1. The van der Waals surface area contributed by atoms with Crippen LogP contribution >= 0.6 is 0 Å². The van der Waals surface area contributed by atoms with Gasteiger partial charge in [-0.25, -0.2) is 4.79 Å². The molecule has 0 amide bonds. The molecule has 0 heterocycles. The fraction of sp³-hybridized carbons (Fsp3) is 0.412. The zero-order chi connectivity index (χ0) is 15.7.